The fourth-order valence-corrected chi connectivity index (χ4v) is 0.752. The number of aliphatic hydroxyl groups is 2. The Bertz CT molecular complexity index is 107. The van der Waals surface area contributed by atoms with E-state index in [0.717, 1.165) is 13.1 Å². The van der Waals surface area contributed by atoms with Gasteiger partial charge in [-0.15, -0.1) is 0 Å². The summed E-state index contributed by atoms with van der Waals surface area (Å²) in [4.78, 5) is 3.69. The topological polar surface area (TPSA) is 46.9 Å². The average molecular weight is 206 g/mol. The molecule has 0 amide bonds. The molecule has 0 heterocycles. The molecule has 88 valence electrons. The Kier molecular flexibility index (Phi) is 10.9. The Morgan fingerprint density at radius 3 is 1.21 bits per heavy atom. The molecule has 0 saturated carbocycles. The standard InChI is InChI=1S/C6H15NO.C4H11NO/c1-4-7(5-2)6(3)8;1-4(6)5(2)3/h6,8H,4-5H2,1-3H3;4,6H,1-3H3. The second-order valence-electron chi connectivity index (χ2n) is 3.45. The van der Waals surface area contributed by atoms with E-state index in [1.807, 2.05) is 32.8 Å². The van der Waals surface area contributed by atoms with Gasteiger partial charge in [-0.25, -0.2) is 0 Å². The molecule has 0 bridgehead atoms. The van der Waals surface area contributed by atoms with E-state index in [0.29, 0.717) is 0 Å². The molecule has 0 aliphatic carbocycles. The Morgan fingerprint density at radius 1 is 0.929 bits per heavy atom. The van der Waals surface area contributed by atoms with Gasteiger partial charge < -0.3 is 10.2 Å². The van der Waals surface area contributed by atoms with Crippen LogP contribution in [0.3, 0.4) is 0 Å². The minimum absolute atomic E-state index is 0.287. The molecule has 0 saturated heterocycles. The Balaban J connectivity index is 0. The minimum Gasteiger partial charge on any atom is -0.379 e. The van der Waals surface area contributed by atoms with Gasteiger partial charge in [-0.3, -0.25) is 9.80 Å². The lowest BCUT2D eigenvalue weighted by Gasteiger charge is -2.20. The third kappa shape index (κ3) is 9.92. The van der Waals surface area contributed by atoms with Crippen molar-refractivity contribution in [3.63, 3.8) is 0 Å². The highest BCUT2D eigenvalue weighted by Crippen LogP contribution is 1.91. The van der Waals surface area contributed by atoms with Gasteiger partial charge in [0.25, 0.3) is 0 Å². The van der Waals surface area contributed by atoms with Crippen molar-refractivity contribution < 1.29 is 10.2 Å². The Morgan fingerprint density at radius 2 is 1.21 bits per heavy atom. The highest BCUT2D eigenvalue weighted by atomic mass is 16.3. The average Bonchev–Trinajstić information content (AvgIpc) is 2.06. The quantitative estimate of drug-likeness (QED) is 0.660. The zero-order valence-electron chi connectivity index (χ0n) is 10.4. The lowest BCUT2D eigenvalue weighted by molar-refractivity contribution is 0.0265. The number of aliphatic hydroxyl groups excluding tert-OH is 2. The molecule has 4 heteroatoms. The molecular formula is C10H26N2O2. The summed E-state index contributed by atoms with van der Waals surface area (Å²) in [6.45, 7) is 9.43. The first-order chi connectivity index (χ1) is 6.36. The number of hydrogen-bond acceptors (Lipinski definition) is 4. The molecule has 2 N–H and O–H groups in total. The van der Waals surface area contributed by atoms with Gasteiger partial charge in [0, 0.05) is 0 Å². The van der Waals surface area contributed by atoms with E-state index in [1.54, 1.807) is 18.7 Å². The molecule has 2 atom stereocenters. The van der Waals surface area contributed by atoms with E-state index in [1.165, 1.54) is 0 Å². The van der Waals surface area contributed by atoms with Gasteiger partial charge in [0.15, 0.2) is 0 Å². The van der Waals surface area contributed by atoms with E-state index < -0.39 is 0 Å². The monoisotopic (exact) mass is 206 g/mol. The van der Waals surface area contributed by atoms with Crippen LogP contribution >= 0.6 is 0 Å². The molecule has 4 nitrogen and oxygen atoms in total. The lowest BCUT2D eigenvalue weighted by atomic mass is 10.5. The summed E-state index contributed by atoms with van der Waals surface area (Å²) in [5.41, 5.74) is 0. The third-order valence-corrected chi connectivity index (χ3v) is 2.09. The van der Waals surface area contributed by atoms with Gasteiger partial charge in [-0.1, -0.05) is 13.8 Å². The maximum Gasteiger partial charge on any atom is 0.104 e. The molecule has 0 aromatic heterocycles. The van der Waals surface area contributed by atoms with Crippen molar-refractivity contribution in [2.45, 2.75) is 40.2 Å². The van der Waals surface area contributed by atoms with E-state index in [-0.39, 0.29) is 12.5 Å². The van der Waals surface area contributed by atoms with Crippen LogP contribution in [-0.4, -0.2) is 59.7 Å². The molecule has 0 fully saturated rings. The van der Waals surface area contributed by atoms with Crippen LogP contribution in [-0.2, 0) is 0 Å². The van der Waals surface area contributed by atoms with Crippen LogP contribution in [0, 0.1) is 0 Å². The van der Waals surface area contributed by atoms with Gasteiger partial charge in [-0.2, -0.15) is 0 Å². The summed E-state index contributed by atoms with van der Waals surface area (Å²) in [6.07, 6.45) is -0.602. The Labute approximate surface area is 88.1 Å². The first-order valence-electron chi connectivity index (χ1n) is 5.13. The summed E-state index contributed by atoms with van der Waals surface area (Å²) >= 11 is 0. The summed E-state index contributed by atoms with van der Waals surface area (Å²) in [5.74, 6) is 0. The first-order valence-corrected chi connectivity index (χ1v) is 5.13. The maximum atomic E-state index is 8.94. The number of nitrogens with zero attached hydrogens (tertiary/aromatic N) is 2. The van der Waals surface area contributed by atoms with Gasteiger partial charge in [0.2, 0.25) is 0 Å². The molecule has 0 aromatic carbocycles. The van der Waals surface area contributed by atoms with Crippen LogP contribution in [0.5, 0.6) is 0 Å². The van der Waals surface area contributed by atoms with E-state index >= 15 is 0 Å². The fourth-order valence-electron chi connectivity index (χ4n) is 0.752. The lowest BCUT2D eigenvalue weighted by Crippen LogP contribution is -2.32. The highest BCUT2D eigenvalue weighted by Gasteiger charge is 2.02. The maximum absolute atomic E-state index is 8.94. The molecule has 0 radical (unpaired) electrons. The third-order valence-electron chi connectivity index (χ3n) is 2.09. The number of hydrogen-bond donors (Lipinski definition) is 2. The number of rotatable bonds is 4. The largest absolute Gasteiger partial charge is 0.379 e. The van der Waals surface area contributed by atoms with Crippen molar-refractivity contribution in [3.8, 4) is 0 Å². The van der Waals surface area contributed by atoms with Gasteiger partial charge in [0.1, 0.15) is 12.5 Å². The van der Waals surface area contributed by atoms with Crippen LogP contribution in [0.25, 0.3) is 0 Å². The first kappa shape index (κ1) is 16.3. The Hall–Kier alpha value is -0.160. The van der Waals surface area contributed by atoms with Crippen LogP contribution in [0.15, 0.2) is 0 Å². The van der Waals surface area contributed by atoms with Gasteiger partial charge in [-0.05, 0) is 41.0 Å². The summed E-state index contributed by atoms with van der Waals surface area (Å²) in [7, 11) is 3.65. The SMILES string of the molecule is CC(O)N(C)C.CCN(CC)C(C)O. The van der Waals surface area contributed by atoms with Crippen molar-refractivity contribution >= 4 is 0 Å². The van der Waals surface area contributed by atoms with Crippen LogP contribution in [0.1, 0.15) is 27.7 Å². The van der Waals surface area contributed by atoms with Crippen molar-refractivity contribution in [2.75, 3.05) is 27.2 Å². The van der Waals surface area contributed by atoms with Gasteiger partial charge in [0.05, 0.1) is 0 Å². The van der Waals surface area contributed by atoms with Crippen LogP contribution in [0.4, 0.5) is 0 Å². The van der Waals surface area contributed by atoms with E-state index in [9.17, 15) is 0 Å². The predicted molar refractivity (Wildman–Crippen MR) is 60.0 cm³/mol. The van der Waals surface area contributed by atoms with E-state index in [4.69, 9.17) is 10.2 Å². The molecule has 0 aliphatic heterocycles. The molecule has 0 spiro atoms. The second-order valence-corrected chi connectivity index (χ2v) is 3.45. The molecule has 0 aromatic rings. The zero-order valence-corrected chi connectivity index (χ0v) is 10.4. The summed E-state index contributed by atoms with van der Waals surface area (Å²) in [5, 5.41) is 17.5. The minimum atomic E-state index is -0.315. The van der Waals surface area contributed by atoms with Crippen molar-refractivity contribution in [1.82, 2.24) is 9.80 Å². The summed E-state index contributed by atoms with van der Waals surface area (Å²) in [6, 6.07) is 0. The molecule has 0 aliphatic rings. The van der Waals surface area contributed by atoms with E-state index in [2.05, 4.69) is 0 Å². The molecule has 0 rings (SSSR count). The molecular weight excluding hydrogens is 180 g/mol. The fraction of sp³-hybridized carbons (Fsp3) is 1.00. The van der Waals surface area contributed by atoms with Crippen molar-refractivity contribution in [1.29, 1.82) is 0 Å². The molecule has 14 heavy (non-hydrogen) atoms. The second kappa shape index (κ2) is 9.40. The van der Waals surface area contributed by atoms with Crippen molar-refractivity contribution in [2.24, 2.45) is 0 Å². The molecule has 2 unspecified atom stereocenters. The predicted octanol–water partition coefficient (Wildman–Crippen LogP) is 0.553. The van der Waals surface area contributed by atoms with Crippen LogP contribution < -0.4 is 0 Å². The van der Waals surface area contributed by atoms with Crippen LogP contribution in [0.2, 0.25) is 0 Å². The normalized spacial score (nSPS) is 15.0. The highest BCUT2D eigenvalue weighted by molar-refractivity contribution is 4.49. The van der Waals surface area contributed by atoms with Crippen molar-refractivity contribution in [3.05, 3.63) is 0 Å². The smallest absolute Gasteiger partial charge is 0.104 e. The summed E-state index contributed by atoms with van der Waals surface area (Å²) < 4.78 is 0. The zero-order chi connectivity index (χ0) is 11.7. The van der Waals surface area contributed by atoms with Gasteiger partial charge >= 0.3 is 0 Å².